The number of piperidine rings is 1. The molecule has 1 aromatic rings. The molecule has 0 aliphatic carbocycles. The van der Waals surface area contributed by atoms with E-state index < -0.39 is 0 Å². The lowest BCUT2D eigenvalue weighted by Gasteiger charge is -2.36. The minimum atomic E-state index is -0.301. The number of carbonyl (C=O) groups excluding carboxylic acids is 2. The highest BCUT2D eigenvalue weighted by Gasteiger charge is 2.28. The Morgan fingerprint density at radius 1 is 1.27 bits per heavy atom. The standard InChI is InChI=1S/C16H22N4O2/c17-16(22)12-4-3-8-20(10-12)15(21)11-19-9-7-18-13-5-1-2-6-14(13)19/h1-2,5-6,12,18H,3-4,7-11H2,(H2,17,22). The summed E-state index contributed by atoms with van der Waals surface area (Å²) in [6.45, 7) is 3.16. The summed E-state index contributed by atoms with van der Waals surface area (Å²) in [5.41, 5.74) is 7.51. The van der Waals surface area contributed by atoms with Crippen molar-refractivity contribution in [3.05, 3.63) is 24.3 Å². The van der Waals surface area contributed by atoms with E-state index in [1.807, 2.05) is 24.3 Å². The van der Waals surface area contributed by atoms with Crippen LogP contribution in [0.2, 0.25) is 0 Å². The largest absolute Gasteiger partial charge is 0.382 e. The number of fused-ring (bicyclic) bond motifs is 1. The average molecular weight is 302 g/mol. The summed E-state index contributed by atoms with van der Waals surface area (Å²) in [5.74, 6) is -0.430. The molecule has 6 nitrogen and oxygen atoms in total. The van der Waals surface area contributed by atoms with Crippen molar-refractivity contribution in [2.24, 2.45) is 11.7 Å². The van der Waals surface area contributed by atoms with Gasteiger partial charge >= 0.3 is 0 Å². The van der Waals surface area contributed by atoms with Crippen LogP contribution >= 0.6 is 0 Å². The Labute approximate surface area is 130 Å². The fourth-order valence-corrected chi connectivity index (χ4v) is 3.21. The highest BCUT2D eigenvalue weighted by Crippen LogP contribution is 2.28. The van der Waals surface area contributed by atoms with Gasteiger partial charge in [-0.25, -0.2) is 0 Å². The summed E-state index contributed by atoms with van der Waals surface area (Å²) in [5, 5.41) is 3.34. The molecule has 1 aromatic carbocycles. The van der Waals surface area contributed by atoms with E-state index in [4.69, 9.17) is 5.73 Å². The topological polar surface area (TPSA) is 78.7 Å². The van der Waals surface area contributed by atoms with Crippen LogP contribution in [0.5, 0.6) is 0 Å². The number of benzene rings is 1. The second kappa shape index (κ2) is 6.25. The van der Waals surface area contributed by atoms with Gasteiger partial charge in [0.2, 0.25) is 11.8 Å². The average Bonchev–Trinajstić information content (AvgIpc) is 2.55. The van der Waals surface area contributed by atoms with Gasteiger partial charge in [0.15, 0.2) is 0 Å². The van der Waals surface area contributed by atoms with Crippen LogP contribution in [0.4, 0.5) is 11.4 Å². The van der Waals surface area contributed by atoms with E-state index >= 15 is 0 Å². The number of nitrogens with zero attached hydrogens (tertiary/aromatic N) is 2. The van der Waals surface area contributed by atoms with Gasteiger partial charge < -0.3 is 20.9 Å². The van der Waals surface area contributed by atoms with Gasteiger partial charge in [-0.2, -0.15) is 0 Å². The lowest BCUT2D eigenvalue weighted by atomic mass is 9.97. The number of carbonyl (C=O) groups is 2. The first-order valence-corrected chi connectivity index (χ1v) is 7.80. The van der Waals surface area contributed by atoms with E-state index in [1.165, 1.54) is 0 Å². The van der Waals surface area contributed by atoms with Gasteiger partial charge in [-0.1, -0.05) is 12.1 Å². The molecule has 0 bridgehead atoms. The minimum Gasteiger partial charge on any atom is -0.382 e. The summed E-state index contributed by atoms with van der Waals surface area (Å²) in [7, 11) is 0. The molecule has 3 rings (SSSR count). The Morgan fingerprint density at radius 3 is 2.91 bits per heavy atom. The fourth-order valence-electron chi connectivity index (χ4n) is 3.21. The number of hydrogen-bond donors (Lipinski definition) is 2. The smallest absolute Gasteiger partial charge is 0.242 e. The number of rotatable bonds is 3. The molecule has 1 fully saturated rings. The third-order valence-electron chi connectivity index (χ3n) is 4.44. The van der Waals surface area contributed by atoms with Crippen LogP contribution in [0, 0.1) is 5.92 Å². The molecular weight excluding hydrogens is 280 g/mol. The maximum Gasteiger partial charge on any atom is 0.242 e. The molecule has 6 heteroatoms. The summed E-state index contributed by atoms with van der Waals surface area (Å²) in [6, 6.07) is 8.01. The van der Waals surface area contributed by atoms with Crippen molar-refractivity contribution in [2.75, 3.05) is 42.9 Å². The van der Waals surface area contributed by atoms with Gasteiger partial charge in [0.1, 0.15) is 0 Å². The maximum atomic E-state index is 12.6. The molecule has 118 valence electrons. The number of likely N-dealkylation sites (tertiary alicyclic amines) is 1. The third kappa shape index (κ3) is 3.00. The Balaban J connectivity index is 1.66. The molecule has 22 heavy (non-hydrogen) atoms. The van der Waals surface area contributed by atoms with Gasteiger partial charge in [0.25, 0.3) is 0 Å². The first-order chi connectivity index (χ1) is 10.6. The monoisotopic (exact) mass is 302 g/mol. The summed E-state index contributed by atoms with van der Waals surface area (Å²) >= 11 is 0. The molecular formula is C16H22N4O2. The van der Waals surface area contributed by atoms with Crippen LogP contribution in [0.1, 0.15) is 12.8 Å². The Hall–Kier alpha value is -2.24. The molecule has 2 amide bonds. The SMILES string of the molecule is NC(=O)C1CCCN(C(=O)CN2CCNc3ccccc32)C1. The second-order valence-electron chi connectivity index (χ2n) is 5.95. The molecule has 2 aliphatic rings. The number of amides is 2. The zero-order chi connectivity index (χ0) is 15.5. The van der Waals surface area contributed by atoms with E-state index in [9.17, 15) is 9.59 Å². The molecule has 0 saturated carbocycles. The van der Waals surface area contributed by atoms with Crippen LogP contribution in [0.25, 0.3) is 0 Å². The summed E-state index contributed by atoms with van der Waals surface area (Å²) in [6.07, 6.45) is 1.63. The number of nitrogens with two attached hydrogens (primary N) is 1. The molecule has 0 aromatic heterocycles. The molecule has 3 N–H and O–H groups in total. The second-order valence-corrected chi connectivity index (χ2v) is 5.95. The van der Waals surface area contributed by atoms with Crippen molar-refractivity contribution < 1.29 is 9.59 Å². The zero-order valence-electron chi connectivity index (χ0n) is 12.6. The lowest BCUT2D eigenvalue weighted by Crippen LogP contribution is -2.49. The van der Waals surface area contributed by atoms with Crippen molar-refractivity contribution in [1.29, 1.82) is 0 Å². The predicted octanol–water partition coefficient (Wildman–Crippen LogP) is 0.642. The van der Waals surface area contributed by atoms with Crippen molar-refractivity contribution in [3.8, 4) is 0 Å². The van der Waals surface area contributed by atoms with Gasteiger partial charge in [0.05, 0.1) is 23.8 Å². The van der Waals surface area contributed by atoms with Crippen molar-refractivity contribution in [1.82, 2.24) is 4.90 Å². The number of para-hydroxylation sites is 2. The van der Waals surface area contributed by atoms with Gasteiger partial charge in [-0.15, -0.1) is 0 Å². The Morgan fingerprint density at radius 2 is 2.09 bits per heavy atom. The first-order valence-electron chi connectivity index (χ1n) is 7.80. The molecule has 1 unspecified atom stereocenters. The highest BCUT2D eigenvalue weighted by molar-refractivity contribution is 5.85. The quantitative estimate of drug-likeness (QED) is 0.859. The lowest BCUT2D eigenvalue weighted by molar-refractivity contribution is -0.133. The maximum absolute atomic E-state index is 12.6. The minimum absolute atomic E-state index is 0.0719. The normalized spacial score (nSPS) is 21.0. The van der Waals surface area contributed by atoms with Crippen molar-refractivity contribution >= 4 is 23.2 Å². The molecule has 1 atom stereocenters. The molecule has 0 radical (unpaired) electrons. The van der Waals surface area contributed by atoms with E-state index in [0.29, 0.717) is 13.1 Å². The molecule has 2 aliphatic heterocycles. The van der Waals surface area contributed by atoms with Crippen molar-refractivity contribution in [3.63, 3.8) is 0 Å². The predicted molar refractivity (Wildman–Crippen MR) is 85.6 cm³/mol. The van der Waals surface area contributed by atoms with Crippen LogP contribution < -0.4 is 16.0 Å². The van der Waals surface area contributed by atoms with E-state index in [-0.39, 0.29) is 17.7 Å². The molecule has 2 heterocycles. The van der Waals surface area contributed by atoms with E-state index in [0.717, 1.165) is 43.9 Å². The molecule has 1 saturated heterocycles. The van der Waals surface area contributed by atoms with Crippen LogP contribution in [-0.4, -0.2) is 49.4 Å². The zero-order valence-corrected chi connectivity index (χ0v) is 12.6. The number of hydrogen-bond acceptors (Lipinski definition) is 4. The van der Waals surface area contributed by atoms with Crippen molar-refractivity contribution in [2.45, 2.75) is 12.8 Å². The van der Waals surface area contributed by atoms with Crippen LogP contribution in [0.3, 0.4) is 0 Å². The number of anilines is 2. The highest BCUT2D eigenvalue weighted by atomic mass is 16.2. The van der Waals surface area contributed by atoms with Gasteiger partial charge in [-0.3, -0.25) is 9.59 Å². The summed E-state index contributed by atoms with van der Waals surface area (Å²) in [4.78, 5) is 27.8. The number of primary amides is 1. The third-order valence-corrected chi connectivity index (χ3v) is 4.44. The fraction of sp³-hybridized carbons (Fsp3) is 0.500. The van der Waals surface area contributed by atoms with Gasteiger partial charge in [0, 0.05) is 26.2 Å². The van der Waals surface area contributed by atoms with Crippen LogP contribution in [-0.2, 0) is 9.59 Å². The van der Waals surface area contributed by atoms with Gasteiger partial charge in [-0.05, 0) is 25.0 Å². The number of nitrogens with one attached hydrogen (secondary N) is 1. The molecule has 0 spiro atoms. The van der Waals surface area contributed by atoms with E-state index in [2.05, 4.69) is 10.2 Å². The first kappa shape index (κ1) is 14.7. The van der Waals surface area contributed by atoms with Crippen LogP contribution in [0.15, 0.2) is 24.3 Å². The Kier molecular flexibility index (Phi) is 4.18. The van der Waals surface area contributed by atoms with E-state index in [1.54, 1.807) is 4.90 Å². The Bertz CT molecular complexity index is 575. The summed E-state index contributed by atoms with van der Waals surface area (Å²) < 4.78 is 0.